The smallest absolute Gasteiger partial charge is 0.0608 e. The Morgan fingerprint density at radius 2 is 1.22 bits per heavy atom. The fourth-order valence-corrected chi connectivity index (χ4v) is 1.90. The van der Waals surface area contributed by atoms with Crippen LogP contribution in [0, 0.1) is 13.8 Å². The van der Waals surface area contributed by atoms with Crippen molar-refractivity contribution in [1.29, 1.82) is 0 Å². The van der Waals surface area contributed by atoms with Gasteiger partial charge >= 0.3 is 0 Å². The number of hydrogen-bond acceptors (Lipinski definition) is 4. The molecule has 0 aliphatic heterocycles. The van der Waals surface area contributed by atoms with E-state index in [1.165, 1.54) is 22.5 Å². The van der Waals surface area contributed by atoms with E-state index in [1.54, 1.807) is 0 Å². The molecule has 6 N–H and O–H groups in total. The van der Waals surface area contributed by atoms with Crippen LogP contribution in [-0.2, 0) is 0 Å². The second-order valence-electron chi connectivity index (χ2n) is 4.59. The molecule has 102 valence electrons. The standard InChI is InChI=1S/C14H26N4/c1-11-5-6-12(2)14(18-10-4-8-16)13(11)17-9-3-7-15/h5-6,17-18H,3-4,7-10,15-16H2,1-2H3. The van der Waals surface area contributed by atoms with Crippen LogP contribution in [0.5, 0.6) is 0 Å². The summed E-state index contributed by atoms with van der Waals surface area (Å²) < 4.78 is 0. The summed E-state index contributed by atoms with van der Waals surface area (Å²) in [5.74, 6) is 0. The normalized spacial score (nSPS) is 10.4. The van der Waals surface area contributed by atoms with E-state index in [9.17, 15) is 0 Å². The number of nitrogens with two attached hydrogens (primary N) is 2. The predicted molar refractivity (Wildman–Crippen MR) is 80.2 cm³/mol. The summed E-state index contributed by atoms with van der Waals surface area (Å²) in [6, 6.07) is 4.29. The van der Waals surface area contributed by atoms with Crippen LogP contribution in [0.4, 0.5) is 11.4 Å². The van der Waals surface area contributed by atoms with Gasteiger partial charge in [0.05, 0.1) is 11.4 Å². The van der Waals surface area contributed by atoms with E-state index in [-0.39, 0.29) is 0 Å². The molecule has 4 heteroatoms. The van der Waals surface area contributed by atoms with Crippen LogP contribution < -0.4 is 22.1 Å². The van der Waals surface area contributed by atoms with Crippen molar-refractivity contribution >= 4 is 11.4 Å². The van der Waals surface area contributed by atoms with Crippen molar-refractivity contribution in [2.75, 3.05) is 36.8 Å². The Morgan fingerprint density at radius 1 is 0.833 bits per heavy atom. The van der Waals surface area contributed by atoms with E-state index in [0.717, 1.165) is 25.9 Å². The number of nitrogens with one attached hydrogen (secondary N) is 2. The summed E-state index contributed by atoms with van der Waals surface area (Å²) in [4.78, 5) is 0. The van der Waals surface area contributed by atoms with Gasteiger partial charge in [-0.3, -0.25) is 0 Å². The molecule has 18 heavy (non-hydrogen) atoms. The first-order valence-electron chi connectivity index (χ1n) is 6.68. The van der Waals surface area contributed by atoms with Crippen molar-refractivity contribution < 1.29 is 0 Å². The first-order valence-corrected chi connectivity index (χ1v) is 6.68. The van der Waals surface area contributed by atoms with Gasteiger partial charge in [-0.05, 0) is 50.9 Å². The van der Waals surface area contributed by atoms with Gasteiger partial charge in [-0.1, -0.05) is 12.1 Å². The summed E-state index contributed by atoms with van der Waals surface area (Å²) in [6.07, 6.45) is 1.96. The van der Waals surface area contributed by atoms with Gasteiger partial charge in [0.15, 0.2) is 0 Å². The highest BCUT2D eigenvalue weighted by molar-refractivity contribution is 5.75. The minimum absolute atomic E-state index is 0.716. The molecule has 0 heterocycles. The molecule has 4 nitrogen and oxygen atoms in total. The zero-order chi connectivity index (χ0) is 13.4. The molecule has 0 saturated heterocycles. The Hall–Kier alpha value is -1.26. The third kappa shape index (κ3) is 4.20. The Kier molecular flexibility index (Phi) is 6.54. The zero-order valence-corrected chi connectivity index (χ0v) is 11.6. The molecule has 1 aromatic carbocycles. The first kappa shape index (κ1) is 14.8. The lowest BCUT2D eigenvalue weighted by atomic mass is 10.1. The van der Waals surface area contributed by atoms with Gasteiger partial charge in [0, 0.05) is 13.1 Å². The average molecular weight is 250 g/mol. The molecule has 0 unspecified atom stereocenters. The fraction of sp³-hybridized carbons (Fsp3) is 0.571. The largest absolute Gasteiger partial charge is 0.383 e. The lowest BCUT2D eigenvalue weighted by Gasteiger charge is -2.18. The Balaban J connectivity index is 2.79. The van der Waals surface area contributed by atoms with E-state index in [4.69, 9.17) is 11.5 Å². The molecule has 0 aliphatic rings. The van der Waals surface area contributed by atoms with E-state index in [0.29, 0.717) is 13.1 Å². The highest BCUT2D eigenvalue weighted by Crippen LogP contribution is 2.29. The van der Waals surface area contributed by atoms with E-state index in [1.807, 2.05) is 0 Å². The molecule has 0 saturated carbocycles. The number of rotatable bonds is 8. The monoisotopic (exact) mass is 250 g/mol. The average Bonchev–Trinajstić information content (AvgIpc) is 2.36. The van der Waals surface area contributed by atoms with Crippen LogP contribution in [0.25, 0.3) is 0 Å². The topological polar surface area (TPSA) is 76.1 Å². The second kappa shape index (κ2) is 7.95. The van der Waals surface area contributed by atoms with Crippen molar-refractivity contribution in [1.82, 2.24) is 0 Å². The molecular formula is C14H26N4. The third-order valence-corrected chi connectivity index (χ3v) is 2.99. The van der Waals surface area contributed by atoms with Crippen LogP contribution in [0.3, 0.4) is 0 Å². The SMILES string of the molecule is Cc1ccc(C)c(NCCCN)c1NCCCN. The fourth-order valence-electron chi connectivity index (χ4n) is 1.90. The molecule has 0 amide bonds. The minimum Gasteiger partial charge on any atom is -0.383 e. The van der Waals surface area contributed by atoms with Crippen molar-refractivity contribution in [2.45, 2.75) is 26.7 Å². The molecule has 0 aromatic heterocycles. The van der Waals surface area contributed by atoms with Gasteiger partial charge in [0.2, 0.25) is 0 Å². The molecule has 0 aliphatic carbocycles. The molecule has 0 atom stereocenters. The molecule has 1 aromatic rings. The van der Waals surface area contributed by atoms with Gasteiger partial charge in [-0.25, -0.2) is 0 Å². The summed E-state index contributed by atoms with van der Waals surface area (Å²) in [6.45, 7) is 7.50. The lowest BCUT2D eigenvalue weighted by molar-refractivity contribution is 0.866. The van der Waals surface area contributed by atoms with E-state index < -0.39 is 0 Å². The molecule has 0 radical (unpaired) electrons. The summed E-state index contributed by atoms with van der Waals surface area (Å²) in [7, 11) is 0. The molecule has 0 bridgehead atoms. The van der Waals surface area contributed by atoms with Crippen LogP contribution in [0.2, 0.25) is 0 Å². The molecule has 0 spiro atoms. The number of benzene rings is 1. The number of hydrogen-bond donors (Lipinski definition) is 4. The first-order chi connectivity index (χ1) is 8.70. The third-order valence-electron chi connectivity index (χ3n) is 2.99. The van der Waals surface area contributed by atoms with Crippen LogP contribution in [0.15, 0.2) is 12.1 Å². The van der Waals surface area contributed by atoms with Gasteiger partial charge < -0.3 is 22.1 Å². The van der Waals surface area contributed by atoms with Crippen LogP contribution in [0.1, 0.15) is 24.0 Å². The van der Waals surface area contributed by atoms with Crippen molar-refractivity contribution in [3.8, 4) is 0 Å². The van der Waals surface area contributed by atoms with Gasteiger partial charge in [0.1, 0.15) is 0 Å². The highest BCUT2D eigenvalue weighted by atomic mass is 15.0. The maximum Gasteiger partial charge on any atom is 0.0608 e. The minimum atomic E-state index is 0.716. The Morgan fingerprint density at radius 3 is 1.56 bits per heavy atom. The Labute approximate surface area is 110 Å². The molecule has 1 rings (SSSR count). The summed E-state index contributed by atoms with van der Waals surface area (Å²) in [5, 5.41) is 6.95. The van der Waals surface area contributed by atoms with Crippen molar-refractivity contribution in [2.24, 2.45) is 11.5 Å². The predicted octanol–water partition coefficient (Wildman–Crippen LogP) is 1.82. The van der Waals surface area contributed by atoms with Gasteiger partial charge in [-0.15, -0.1) is 0 Å². The van der Waals surface area contributed by atoms with Gasteiger partial charge in [-0.2, -0.15) is 0 Å². The van der Waals surface area contributed by atoms with Crippen LogP contribution >= 0.6 is 0 Å². The van der Waals surface area contributed by atoms with E-state index in [2.05, 4.69) is 36.6 Å². The quantitative estimate of drug-likeness (QED) is 0.531. The Bertz CT molecular complexity index is 328. The second-order valence-corrected chi connectivity index (χ2v) is 4.59. The van der Waals surface area contributed by atoms with Crippen molar-refractivity contribution in [3.05, 3.63) is 23.3 Å². The maximum absolute atomic E-state index is 5.53. The molecular weight excluding hydrogens is 224 g/mol. The van der Waals surface area contributed by atoms with Crippen molar-refractivity contribution in [3.63, 3.8) is 0 Å². The number of aryl methyl sites for hydroxylation is 2. The molecule has 0 fully saturated rings. The van der Waals surface area contributed by atoms with Crippen LogP contribution in [-0.4, -0.2) is 26.2 Å². The highest BCUT2D eigenvalue weighted by Gasteiger charge is 2.07. The lowest BCUT2D eigenvalue weighted by Crippen LogP contribution is -2.14. The number of anilines is 2. The van der Waals surface area contributed by atoms with E-state index >= 15 is 0 Å². The van der Waals surface area contributed by atoms with Gasteiger partial charge in [0.25, 0.3) is 0 Å². The maximum atomic E-state index is 5.53. The summed E-state index contributed by atoms with van der Waals surface area (Å²) in [5.41, 5.74) is 16.0. The summed E-state index contributed by atoms with van der Waals surface area (Å²) >= 11 is 0. The zero-order valence-electron chi connectivity index (χ0n) is 11.6.